The van der Waals surface area contributed by atoms with Gasteiger partial charge in [-0.25, -0.2) is 4.99 Å². The van der Waals surface area contributed by atoms with Crippen molar-refractivity contribution >= 4 is 11.9 Å². The van der Waals surface area contributed by atoms with Gasteiger partial charge in [0.05, 0.1) is 6.54 Å². The van der Waals surface area contributed by atoms with Gasteiger partial charge in [-0.3, -0.25) is 4.79 Å². The molecule has 2 heterocycles. The molecule has 3 N–H and O–H groups in total. The maximum atomic E-state index is 11.2. The molecular formula is C19H28N4O2. The second kappa shape index (κ2) is 8.23. The summed E-state index contributed by atoms with van der Waals surface area (Å²) < 4.78 is 5.98. The lowest BCUT2D eigenvalue weighted by Crippen LogP contribution is -2.47. The number of likely N-dealkylation sites (tertiary alicyclic amines) is 1. The number of primary amides is 1. The van der Waals surface area contributed by atoms with Crippen molar-refractivity contribution in [3.63, 3.8) is 0 Å². The Bertz CT molecular complexity index is 607. The first kappa shape index (κ1) is 17.6. The highest BCUT2D eigenvalue weighted by atomic mass is 16.5. The van der Waals surface area contributed by atoms with E-state index in [9.17, 15) is 4.79 Å². The van der Waals surface area contributed by atoms with Crippen LogP contribution >= 0.6 is 0 Å². The maximum Gasteiger partial charge on any atom is 0.217 e. The number of fused-ring (bicyclic) bond motifs is 1. The number of aliphatic imine (C=N–C) groups is 1. The summed E-state index contributed by atoms with van der Waals surface area (Å²) in [5.74, 6) is 2.00. The molecule has 0 aliphatic carbocycles. The number of guanidine groups is 1. The van der Waals surface area contributed by atoms with Crippen LogP contribution in [0.15, 0.2) is 29.3 Å². The van der Waals surface area contributed by atoms with Gasteiger partial charge in [0.15, 0.2) is 5.96 Å². The third-order valence-corrected chi connectivity index (χ3v) is 4.80. The number of carbonyl (C=O) groups is 1. The summed E-state index contributed by atoms with van der Waals surface area (Å²) in [4.78, 5) is 18.3. The molecule has 3 rings (SSSR count). The predicted molar refractivity (Wildman–Crippen MR) is 98.6 cm³/mol. The number of nitrogens with two attached hydrogens (primary N) is 1. The topological polar surface area (TPSA) is 80.0 Å². The molecule has 1 saturated heterocycles. The molecule has 2 aliphatic heterocycles. The van der Waals surface area contributed by atoms with Crippen LogP contribution in [0.5, 0.6) is 5.75 Å². The third-order valence-electron chi connectivity index (χ3n) is 4.80. The Kier molecular flexibility index (Phi) is 5.79. The lowest BCUT2D eigenvalue weighted by Gasteiger charge is -2.34. The fourth-order valence-corrected chi connectivity index (χ4v) is 3.68. The van der Waals surface area contributed by atoms with Gasteiger partial charge in [-0.15, -0.1) is 0 Å². The molecule has 0 spiro atoms. The van der Waals surface area contributed by atoms with Crippen LogP contribution in [0.4, 0.5) is 0 Å². The number of ether oxygens (including phenoxy) is 1. The van der Waals surface area contributed by atoms with Gasteiger partial charge < -0.3 is 20.7 Å². The van der Waals surface area contributed by atoms with E-state index in [-0.39, 0.29) is 12.0 Å². The lowest BCUT2D eigenvalue weighted by molar-refractivity contribution is -0.119. The zero-order valence-corrected chi connectivity index (χ0v) is 14.9. The molecule has 0 aromatic heterocycles. The molecule has 2 atom stereocenters. The van der Waals surface area contributed by atoms with Crippen molar-refractivity contribution in [2.75, 3.05) is 26.2 Å². The Morgan fingerprint density at radius 1 is 1.44 bits per heavy atom. The molecule has 2 unspecified atom stereocenters. The van der Waals surface area contributed by atoms with Gasteiger partial charge in [-0.05, 0) is 37.3 Å². The zero-order valence-electron chi connectivity index (χ0n) is 14.9. The van der Waals surface area contributed by atoms with Crippen molar-refractivity contribution in [2.45, 2.75) is 38.7 Å². The van der Waals surface area contributed by atoms with E-state index in [4.69, 9.17) is 15.5 Å². The van der Waals surface area contributed by atoms with Gasteiger partial charge in [0.25, 0.3) is 0 Å². The van der Waals surface area contributed by atoms with Crippen LogP contribution in [-0.4, -0.2) is 49.0 Å². The summed E-state index contributed by atoms with van der Waals surface area (Å²) in [7, 11) is 0. The number of rotatable bonds is 5. The molecule has 2 aliphatic rings. The van der Waals surface area contributed by atoms with Crippen LogP contribution in [0.1, 0.15) is 31.7 Å². The molecule has 6 nitrogen and oxygen atoms in total. The largest absolute Gasteiger partial charge is 0.488 e. The van der Waals surface area contributed by atoms with E-state index < -0.39 is 0 Å². The van der Waals surface area contributed by atoms with Crippen molar-refractivity contribution in [1.82, 2.24) is 10.2 Å². The summed E-state index contributed by atoms with van der Waals surface area (Å²) >= 11 is 0. The minimum absolute atomic E-state index is 0.0947. The second-order valence-electron chi connectivity index (χ2n) is 6.87. The van der Waals surface area contributed by atoms with Gasteiger partial charge in [-0.2, -0.15) is 0 Å². The van der Waals surface area contributed by atoms with E-state index in [0.717, 1.165) is 50.6 Å². The van der Waals surface area contributed by atoms with Crippen molar-refractivity contribution in [3.05, 3.63) is 29.8 Å². The Labute approximate surface area is 149 Å². The quantitative estimate of drug-likeness (QED) is 0.627. The number of benzene rings is 1. The molecule has 1 aromatic rings. The lowest BCUT2D eigenvalue weighted by atomic mass is 9.95. The number of piperidine rings is 1. The van der Waals surface area contributed by atoms with Crippen LogP contribution in [-0.2, 0) is 11.2 Å². The number of amides is 1. The summed E-state index contributed by atoms with van der Waals surface area (Å²) in [6.07, 6.45) is 3.57. The molecule has 0 saturated carbocycles. The molecule has 136 valence electrons. The SMILES string of the molecule is CCNC(=NCC1Cc2ccccc2O1)N1CCCC(CC(N)=O)C1. The van der Waals surface area contributed by atoms with Crippen LogP contribution in [0.3, 0.4) is 0 Å². The molecular weight excluding hydrogens is 316 g/mol. The van der Waals surface area contributed by atoms with Crippen molar-refractivity contribution in [1.29, 1.82) is 0 Å². The number of para-hydroxylation sites is 1. The summed E-state index contributed by atoms with van der Waals surface area (Å²) in [6, 6.07) is 8.18. The molecule has 1 amide bonds. The minimum Gasteiger partial charge on any atom is -0.488 e. The minimum atomic E-state index is -0.217. The van der Waals surface area contributed by atoms with E-state index in [1.54, 1.807) is 0 Å². The Balaban J connectivity index is 1.60. The molecule has 6 heteroatoms. The van der Waals surface area contributed by atoms with E-state index in [2.05, 4.69) is 23.2 Å². The Morgan fingerprint density at radius 2 is 2.28 bits per heavy atom. The normalized spacial score (nSPS) is 23.1. The van der Waals surface area contributed by atoms with Gasteiger partial charge in [-0.1, -0.05) is 18.2 Å². The van der Waals surface area contributed by atoms with E-state index in [0.29, 0.717) is 18.9 Å². The molecule has 0 radical (unpaired) electrons. The Hall–Kier alpha value is -2.24. The van der Waals surface area contributed by atoms with Crippen LogP contribution < -0.4 is 15.8 Å². The maximum absolute atomic E-state index is 11.2. The summed E-state index contributed by atoms with van der Waals surface area (Å²) in [5.41, 5.74) is 6.62. The number of nitrogens with one attached hydrogen (secondary N) is 1. The highest BCUT2D eigenvalue weighted by molar-refractivity contribution is 5.80. The zero-order chi connectivity index (χ0) is 17.6. The van der Waals surface area contributed by atoms with Crippen molar-refractivity contribution < 1.29 is 9.53 Å². The molecule has 25 heavy (non-hydrogen) atoms. The first-order valence-electron chi connectivity index (χ1n) is 9.21. The van der Waals surface area contributed by atoms with Crippen molar-refractivity contribution in [2.24, 2.45) is 16.6 Å². The number of hydrogen-bond donors (Lipinski definition) is 2. The number of nitrogens with zero attached hydrogens (tertiary/aromatic N) is 2. The van der Waals surface area contributed by atoms with Crippen molar-refractivity contribution in [3.8, 4) is 5.75 Å². The number of hydrogen-bond acceptors (Lipinski definition) is 3. The fourth-order valence-electron chi connectivity index (χ4n) is 3.68. The van der Waals surface area contributed by atoms with Crippen LogP contribution in [0, 0.1) is 5.92 Å². The predicted octanol–water partition coefficient (Wildman–Crippen LogP) is 1.54. The van der Waals surface area contributed by atoms with Gasteiger partial charge in [0.1, 0.15) is 11.9 Å². The fraction of sp³-hybridized carbons (Fsp3) is 0.579. The number of carbonyl (C=O) groups excluding carboxylic acids is 1. The van der Waals surface area contributed by atoms with E-state index in [1.165, 1.54) is 5.56 Å². The Morgan fingerprint density at radius 3 is 3.04 bits per heavy atom. The molecule has 1 aromatic carbocycles. The molecule has 1 fully saturated rings. The second-order valence-corrected chi connectivity index (χ2v) is 6.87. The monoisotopic (exact) mass is 344 g/mol. The summed E-state index contributed by atoms with van der Waals surface area (Å²) in [5, 5.41) is 3.38. The highest BCUT2D eigenvalue weighted by Crippen LogP contribution is 2.28. The first-order valence-corrected chi connectivity index (χ1v) is 9.21. The highest BCUT2D eigenvalue weighted by Gasteiger charge is 2.25. The molecule has 0 bridgehead atoms. The average Bonchev–Trinajstić information content (AvgIpc) is 3.01. The first-order chi connectivity index (χ1) is 12.2. The summed E-state index contributed by atoms with van der Waals surface area (Å²) in [6.45, 7) is 5.32. The van der Waals surface area contributed by atoms with Gasteiger partial charge >= 0.3 is 0 Å². The standard InChI is InChI=1S/C19H28N4O2/c1-2-21-19(23-9-5-6-14(13-23)10-18(20)24)22-12-16-11-15-7-3-4-8-17(15)25-16/h3-4,7-8,14,16H,2,5-6,9-13H2,1H3,(H2,20,24)(H,21,22). The third kappa shape index (κ3) is 4.65. The van der Waals surface area contributed by atoms with Crippen LogP contribution in [0.2, 0.25) is 0 Å². The van der Waals surface area contributed by atoms with E-state index >= 15 is 0 Å². The van der Waals surface area contributed by atoms with Gasteiger partial charge in [0.2, 0.25) is 5.91 Å². The smallest absolute Gasteiger partial charge is 0.217 e. The van der Waals surface area contributed by atoms with Crippen LogP contribution in [0.25, 0.3) is 0 Å². The van der Waals surface area contributed by atoms with E-state index in [1.807, 2.05) is 18.2 Å². The average molecular weight is 344 g/mol. The van der Waals surface area contributed by atoms with Gasteiger partial charge in [0, 0.05) is 32.5 Å².